The quantitative estimate of drug-likeness (QED) is 0.746. The standard InChI is InChI=1S/C11H9F2NO2/c1-6(15)14-4-3-7-10(13)9(16-2)5-8(12)11(7)14/h3-5H,1-2H3. The molecule has 0 saturated carbocycles. The monoisotopic (exact) mass is 225 g/mol. The summed E-state index contributed by atoms with van der Waals surface area (Å²) in [5, 5.41) is 0.0343. The van der Waals surface area contributed by atoms with Crippen molar-refractivity contribution in [2.24, 2.45) is 0 Å². The first-order chi connectivity index (χ1) is 7.56. The minimum atomic E-state index is -0.687. The Morgan fingerprint density at radius 3 is 2.69 bits per heavy atom. The number of hydrogen-bond acceptors (Lipinski definition) is 2. The Kier molecular flexibility index (Phi) is 2.38. The lowest BCUT2D eigenvalue weighted by molar-refractivity contribution is 0.0941. The zero-order valence-electron chi connectivity index (χ0n) is 8.75. The third-order valence-electron chi connectivity index (χ3n) is 2.38. The van der Waals surface area contributed by atoms with E-state index in [1.165, 1.54) is 26.3 Å². The largest absolute Gasteiger partial charge is 0.494 e. The van der Waals surface area contributed by atoms with E-state index < -0.39 is 11.6 Å². The topological polar surface area (TPSA) is 31.2 Å². The van der Waals surface area contributed by atoms with Crippen molar-refractivity contribution in [1.29, 1.82) is 0 Å². The lowest BCUT2D eigenvalue weighted by atomic mass is 10.2. The zero-order valence-corrected chi connectivity index (χ0v) is 8.75. The Bertz CT molecular complexity index is 575. The lowest BCUT2D eigenvalue weighted by Gasteiger charge is -2.05. The van der Waals surface area contributed by atoms with Crippen molar-refractivity contribution in [2.75, 3.05) is 7.11 Å². The summed E-state index contributed by atoms with van der Waals surface area (Å²) >= 11 is 0. The highest BCUT2D eigenvalue weighted by Gasteiger charge is 2.17. The van der Waals surface area contributed by atoms with Gasteiger partial charge in [0.2, 0.25) is 5.91 Å². The van der Waals surface area contributed by atoms with Crippen LogP contribution in [-0.4, -0.2) is 17.6 Å². The summed E-state index contributed by atoms with van der Waals surface area (Å²) in [7, 11) is 1.26. The van der Waals surface area contributed by atoms with Gasteiger partial charge in [-0.25, -0.2) is 8.78 Å². The summed E-state index contributed by atoms with van der Waals surface area (Å²) in [6.45, 7) is 1.28. The average molecular weight is 225 g/mol. The molecular formula is C11H9F2NO2. The summed E-state index contributed by atoms with van der Waals surface area (Å²) in [4.78, 5) is 11.2. The van der Waals surface area contributed by atoms with E-state index in [0.29, 0.717) is 0 Å². The Morgan fingerprint density at radius 1 is 1.44 bits per heavy atom. The number of halogens is 2. The highest BCUT2D eigenvalue weighted by Crippen LogP contribution is 2.29. The first-order valence-electron chi connectivity index (χ1n) is 4.60. The van der Waals surface area contributed by atoms with Gasteiger partial charge >= 0.3 is 0 Å². The molecule has 1 aromatic carbocycles. The van der Waals surface area contributed by atoms with E-state index in [2.05, 4.69) is 0 Å². The molecule has 0 amide bonds. The van der Waals surface area contributed by atoms with Crippen LogP contribution in [0.3, 0.4) is 0 Å². The van der Waals surface area contributed by atoms with Gasteiger partial charge in [0.05, 0.1) is 12.6 Å². The van der Waals surface area contributed by atoms with E-state index in [1.807, 2.05) is 0 Å². The second-order valence-electron chi connectivity index (χ2n) is 3.34. The fourth-order valence-corrected chi connectivity index (χ4v) is 1.64. The summed E-state index contributed by atoms with van der Waals surface area (Å²) in [6, 6.07) is 2.27. The van der Waals surface area contributed by atoms with Crippen LogP contribution in [0.2, 0.25) is 0 Å². The Balaban J connectivity index is 2.86. The Labute approximate surface area is 90.2 Å². The number of rotatable bonds is 1. The first kappa shape index (κ1) is 10.6. The molecule has 0 bridgehead atoms. The molecule has 0 aliphatic rings. The van der Waals surface area contributed by atoms with Gasteiger partial charge in [0.15, 0.2) is 17.4 Å². The molecule has 3 nitrogen and oxygen atoms in total. The number of ether oxygens (including phenoxy) is 1. The molecule has 2 aromatic rings. The molecule has 1 heterocycles. The molecule has 0 atom stereocenters. The number of carbonyl (C=O) groups is 1. The third kappa shape index (κ3) is 1.36. The summed E-state index contributed by atoms with van der Waals surface area (Å²) in [5.74, 6) is -1.91. The second kappa shape index (κ2) is 3.59. The number of nitrogens with zero attached hydrogens (tertiary/aromatic N) is 1. The molecule has 0 unspecified atom stereocenters. The van der Waals surface area contributed by atoms with Crippen molar-refractivity contribution in [3.8, 4) is 5.75 Å². The predicted octanol–water partition coefficient (Wildman–Crippen LogP) is 2.59. The maximum absolute atomic E-state index is 13.7. The molecule has 1 aromatic heterocycles. The molecular weight excluding hydrogens is 216 g/mol. The van der Waals surface area contributed by atoms with Crippen LogP contribution in [-0.2, 0) is 0 Å². The van der Waals surface area contributed by atoms with Crippen LogP contribution < -0.4 is 4.74 Å². The Hall–Kier alpha value is -1.91. The van der Waals surface area contributed by atoms with Gasteiger partial charge in [-0.15, -0.1) is 0 Å². The molecule has 0 fully saturated rings. The van der Waals surface area contributed by atoms with E-state index in [4.69, 9.17) is 4.74 Å². The molecule has 84 valence electrons. The highest BCUT2D eigenvalue weighted by molar-refractivity contribution is 5.92. The van der Waals surface area contributed by atoms with Gasteiger partial charge in [-0.2, -0.15) is 0 Å². The molecule has 0 aliphatic heterocycles. The van der Waals surface area contributed by atoms with Gasteiger partial charge < -0.3 is 4.74 Å². The van der Waals surface area contributed by atoms with E-state index >= 15 is 0 Å². The van der Waals surface area contributed by atoms with E-state index in [-0.39, 0.29) is 22.6 Å². The number of methoxy groups -OCH3 is 1. The lowest BCUT2D eigenvalue weighted by Crippen LogP contribution is -2.05. The van der Waals surface area contributed by atoms with Crippen molar-refractivity contribution in [1.82, 2.24) is 4.57 Å². The normalized spacial score (nSPS) is 10.8. The van der Waals surface area contributed by atoms with Gasteiger partial charge in [-0.1, -0.05) is 0 Å². The maximum Gasteiger partial charge on any atom is 0.228 e. The molecule has 0 aliphatic carbocycles. The average Bonchev–Trinajstić information content (AvgIpc) is 2.68. The molecule has 0 saturated heterocycles. The van der Waals surface area contributed by atoms with Crippen molar-refractivity contribution in [3.05, 3.63) is 30.0 Å². The fraction of sp³-hybridized carbons (Fsp3) is 0.182. The number of benzene rings is 1. The van der Waals surface area contributed by atoms with Gasteiger partial charge in [0, 0.05) is 24.6 Å². The van der Waals surface area contributed by atoms with Crippen molar-refractivity contribution < 1.29 is 18.3 Å². The van der Waals surface area contributed by atoms with Crippen LogP contribution >= 0.6 is 0 Å². The molecule has 0 N–H and O–H groups in total. The number of aromatic nitrogens is 1. The SMILES string of the molecule is COc1cc(F)c2c(ccn2C(C)=O)c1F. The molecule has 2 rings (SSSR count). The minimum Gasteiger partial charge on any atom is -0.494 e. The highest BCUT2D eigenvalue weighted by atomic mass is 19.1. The van der Waals surface area contributed by atoms with Crippen LogP contribution in [0, 0.1) is 11.6 Å². The van der Waals surface area contributed by atoms with Crippen LogP contribution in [0.25, 0.3) is 10.9 Å². The number of hydrogen-bond donors (Lipinski definition) is 0. The van der Waals surface area contributed by atoms with Crippen LogP contribution in [0.5, 0.6) is 5.75 Å². The van der Waals surface area contributed by atoms with Gasteiger partial charge in [-0.05, 0) is 6.07 Å². The zero-order chi connectivity index (χ0) is 11.9. The Morgan fingerprint density at radius 2 is 2.12 bits per heavy atom. The van der Waals surface area contributed by atoms with Crippen molar-refractivity contribution >= 4 is 16.8 Å². The summed E-state index contributed by atoms with van der Waals surface area (Å²) < 4.78 is 33.1. The predicted molar refractivity (Wildman–Crippen MR) is 54.7 cm³/mol. The van der Waals surface area contributed by atoms with Crippen LogP contribution in [0.4, 0.5) is 8.78 Å². The van der Waals surface area contributed by atoms with Crippen molar-refractivity contribution in [3.63, 3.8) is 0 Å². The number of fused-ring (bicyclic) bond motifs is 1. The molecule has 5 heteroatoms. The van der Waals surface area contributed by atoms with Crippen LogP contribution in [0.1, 0.15) is 11.7 Å². The minimum absolute atomic E-state index is 0.0343. The second-order valence-corrected chi connectivity index (χ2v) is 3.34. The van der Waals surface area contributed by atoms with E-state index in [1.54, 1.807) is 0 Å². The first-order valence-corrected chi connectivity index (χ1v) is 4.60. The molecule has 0 spiro atoms. The van der Waals surface area contributed by atoms with E-state index in [9.17, 15) is 13.6 Å². The molecule has 0 radical (unpaired) electrons. The third-order valence-corrected chi connectivity index (χ3v) is 2.38. The van der Waals surface area contributed by atoms with Gasteiger partial charge in [0.1, 0.15) is 0 Å². The van der Waals surface area contributed by atoms with Crippen molar-refractivity contribution in [2.45, 2.75) is 6.92 Å². The van der Waals surface area contributed by atoms with Crippen LogP contribution in [0.15, 0.2) is 18.3 Å². The van der Waals surface area contributed by atoms with Gasteiger partial charge in [-0.3, -0.25) is 9.36 Å². The number of carbonyl (C=O) groups excluding carboxylic acids is 1. The summed E-state index contributed by atoms with van der Waals surface area (Å²) in [6.07, 6.45) is 1.33. The fourth-order valence-electron chi connectivity index (χ4n) is 1.64. The summed E-state index contributed by atoms with van der Waals surface area (Å²) in [5.41, 5.74) is -0.0641. The maximum atomic E-state index is 13.7. The van der Waals surface area contributed by atoms with Gasteiger partial charge in [0.25, 0.3) is 0 Å². The molecule has 16 heavy (non-hydrogen) atoms. The smallest absolute Gasteiger partial charge is 0.228 e. The van der Waals surface area contributed by atoms with E-state index in [0.717, 1.165) is 10.6 Å².